The number of likely N-dealkylation sites (tertiary alicyclic amines) is 1. The number of rotatable bonds is 2. The topological polar surface area (TPSA) is 58.4 Å². The molecule has 0 radical (unpaired) electrons. The van der Waals surface area contributed by atoms with Crippen molar-refractivity contribution in [2.75, 3.05) is 13.1 Å². The van der Waals surface area contributed by atoms with Gasteiger partial charge in [-0.05, 0) is 24.8 Å². The second kappa shape index (κ2) is 5.68. The molecule has 5 nitrogen and oxygen atoms in total. The van der Waals surface area contributed by atoms with Crippen LogP contribution >= 0.6 is 0 Å². The number of piperidine rings is 1. The molecule has 1 amide bonds. The molecule has 0 bridgehead atoms. The molecule has 3 atom stereocenters. The van der Waals surface area contributed by atoms with Crippen molar-refractivity contribution in [1.82, 2.24) is 14.5 Å². The van der Waals surface area contributed by atoms with Gasteiger partial charge < -0.3 is 14.6 Å². The Kier molecular flexibility index (Phi) is 3.51. The lowest BCUT2D eigenvalue weighted by Crippen LogP contribution is -2.59. The number of benzene rings is 1. The van der Waals surface area contributed by atoms with E-state index in [2.05, 4.69) is 33.8 Å². The summed E-state index contributed by atoms with van der Waals surface area (Å²) in [6.07, 6.45) is 6.95. The first-order valence-corrected chi connectivity index (χ1v) is 9.71. The summed E-state index contributed by atoms with van der Waals surface area (Å²) in [7, 11) is 0. The van der Waals surface area contributed by atoms with E-state index in [4.69, 9.17) is 0 Å². The van der Waals surface area contributed by atoms with Crippen LogP contribution in [0.25, 0.3) is 11.3 Å². The SMILES string of the molecule is CCC(=O)N1CCC2(CC1)CC(C1c3ccccc3-c3cncn31)C2O. The van der Waals surface area contributed by atoms with Crippen molar-refractivity contribution < 1.29 is 9.90 Å². The normalized spacial score (nSPS) is 28.5. The highest BCUT2D eigenvalue weighted by atomic mass is 16.3. The minimum absolute atomic E-state index is 0.00648. The molecule has 2 fully saturated rings. The van der Waals surface area contributed by atoms with Gasteiger partial charge >= 0.3 is 0 Å². The first-order valence-electron chi connectivity index (χ1n) is 9.71. The van der Waals surface area contributed by atoms with Gasteiger partial charge in [0.15, 0.2) is 0 Å². The third-order valence-corrected chi connectivity index (χ3v) is 7.02. The summed E-state index contributed by atoms with van der Waals surface area (Å²) in [6.45, 7) is 3.49. The maximum absolute atomic E-state index is 11.9. The van der Waals surface area contributed by atoms with Crippen molar-refractivity contribution in [3.63, 3.8) is 0 Å². The van der Waals surface area contributed by atoms with Gasteiger partial charge in [-0.15, -0.1) is 0 Å². The van der Waals surface area contributed by atoms with Crippen LogP contribution in [-0.4, -0.2) is 44.7 Å². The lowest BCUT2D eigenvalue weighted by Gasteiger charge is -2.58. The molecule has 3 heterocycles. The predicted octanol–water partition coefficient (Wildman–Crippen LogP) is 2.85. The van der Waals surface area contributed by atoms with Crippen LogP contribution in [0.15, 0.2) is 36.8 Å². The number of amides is 1. The van der Waals surface area contributed by atoms with Crippen LogP contribution in [0.3, 0.4) is 0 Å². The summed E-state index contributed by atoms with van der Waals surface area (Å²) in [6, 6.07) is 8.67. The number of hydrogen-bond donors (Lipinski definition) is 1. The van der Waals surface area contributed by atoms with Crippen LogP contribution in [0.1, 0.15) is 44.2 Å². The van der Waals surface area contributed by atoms with E-state index in [-0.39, 0.29) is 29.4 Å². The Bertz CT molecular complexity index is 850. The third kappa shape index (κ3) is 2.07. The predicted molar refractivity (Wildman–Crippen MR) is 98.5 cm³/mol. The standard InChI is InChI=1S/C21H25N3O2/c1-2-18(25)23-9-7-21(8-10-23)11-16(20(21)26)19-15-6-4-3-5-14(15)17-12-22-13-24(17)19/h3-6,12-13,16,19-20,26H,2,7-11H2,1H3. The van der Waals surface area contributed by atoms with Gasteiger partial charge in [-0.2, -0.15) is 0 Å². The fourth-order valence-electron chi connectivity index (χ4n) is 5.51. The Hall–Kier alpha value is -2.14. The Balaban J connectivity index is 1.38. The summed E-state index contributed by atoms with van der Waals surface area (Å²) < 4.78 is 2.24. The van der Waals surface area contributed by atoms with Gasteiger partial charge in [0.25, 0.3) is 0 Å². The fraction of sp³-hybridized carbons (Fsp3) is 0.524. The highest BCUT2D eigenvalue weighted by Gasteiger charge is 2.58. The summed E-state index contributed by atoms with van der Waals surface area (Å²) >= 11 is 0. The van der Waals surface area contributed by atoms with Gasteiger partial charge in [-0.25, -0.2) is 4.98 Å². The maximum atomic E-state index is 11.9. The number of hydrogen-bond acceptors (Lipinski definition) is 3. The lowest BCUT2D eigenvalue weighted by atomic mass is 9.53. The number of aliphatic hydroxyl groups excluding tert-OH is 1. The summed E-state index contributed by atoms with van der Waals surface area (Å²) in [4.78, 5) is 18.2. The van der Waals surface area contributed by atoms with Crippen LogP contribution in [0, 0.1) is 11.3 Å². The molecule has 1 aromatic carbocycles. The van der Waals surface area contributed by atoms with Crippen LogP contribution in [0.2, 0.25) is 0 Å². The molecular weight excluding hydrogens is 326 g/mol. The molecule has 1 N–H and O–H groups in total. The molecule has 1 saturated heterocycles. The van der Waals surface area contributed by atoms with Gasteiger partial charge in [0, 0.05) is 36.4 Å². The van der Waals surface area contributed by atoms with Crippen LogP contribution in [0.5, 0.6) is 0 Å². The van der Waals surface area contributed by atoms with Gasteiger partial charge in [-0.1, -0.05) is 31.2 Å². The zero-order valence-electron chi connectivity index (χ0n) is 15.1. The molecule has 1 aromatic heterocycles. The molecule has 26 heavy (non-hydrogen) atoms. The van der Waals surface area contributed by atoms with E-state index in [1.54, 1.807) is 0 Å². The molecular formula is C21H25N3O2. The van der Waals surface area contributed by atoms with E-state index in [9.17, 15) is 9.90 Å². The maximum Gasteiger partial charge on any atom is 0.222 e. The van der Waals surface area contributed by atoms with E-state index >= 15 is 0 Å². The Morgan fingerprint density at radius 2 is 2.08 bits per heavy atom. The highest BCUT2D eigenvalue weighted by molar-refractivity contribution is 5.76. The van der Waals surface area contributed by atoms with E-state index in [0.29, 0.717) is 6.42 Å². The van der Waals surface area contributed by atoms with E-state index < -0.39 is 0 Å². The second-order valence-electron chi connectivity index (χ2n) is 8.13. The molecule has 5 rings (SSSR count). The number of carbonyl (C=O) groups excluding carboxylic acids is 1. The summed E-state index contributed by atoms with van der Waals surface area (Å²) in [5.41, 5.74) is 3.70. The molecule has 3 aliphatic rings. The molecule has 1 spiro atoms. The van der Waals surface area contributed by atoms with E-state index in [1.165, 1.54) is 11.1 Å². The van der Waals surface area contributed by atoms with Gasteiger partial charge in [0.2, 0.25) is 5.91 Å². The third-order valence-electron chi connectivity index (χ3n) is 7.02. The van der Waals surface area contributed by atoms with Crippen molar-refractivity contribution in [1.29, 1.82) is 0 Å². The average Bonchev–Trinajstić information content (AvgIpc) is 3.27. The first kappa shape index (κ1) is 16.1. The average molecular weight is 351 g/mol. The van der Waals surface area contributed by atoms with E-state index in [1.807, 2.05) is 24.3 Å². The molecule has 2 aromatic rings. The van der Waals surface area contributed by atoms with Crippen molar-refractivity contribution in [2.24, 2.45) is 11.3 Å². The number of carbonyl (C=O) groups is 1. The Morgan fingerprint density at radius 3 is 2.81 bits per heavy atom. The molecule has 5 heteroatoms. The minimum Gasteiger partial charge on any atom is -0.392 e. The smallest absolute Gasteiger partial charge is 0.222 e. The number of aliphatic hydroxyl groups is 1. The molecule has 136 valence electrons. The van der Waals surface area contributed by atoms with Crippen molar-refractivity contribution >= 4 is 5.91 Å². The molecule has 2 aliphatic heterocycles. The van der Waals surface area contributed by atoms with Crippen LogP contribution < -0.4 is 0 Å². The zero-order valence-corrected chi connectivity index (χ0v) is 15.1. The number of imidazole rings is 1. The number of aromatic nitrogens is 2. The lowest BCUT2D eigenvalue weighted by molar-refractivity contribution is -0.164. The van der Waals surface area contributed by atoms with Gasteiger partial charge in [-0.3, -0.25) is 4.79 Å². The van der Waals surface area contributed by atoms with Crippen molar-refractivity contribution in [2.45, 2.75) is 44.8 Å². The minimum atomic E-state index is -0.312. The Labute approximate surface area is 153 Å². The Morgan fingerprint density at radius 1 is 1.31 bits per heavy atom. The first-order chi connectivity index (χ1) is 12.6. The van der Waals surface area contributed by atoms with Crippen molar-refractivity contribution in [3.05, 3.63) is 42.4 Å². The highest BCUT2D eigenvalue weighted by Crippen LogP contribution is 2.59. The quantitative estimate of drug-likeness (QED) is 0.905. The zero-order chi connectivity index (χ0) is 17.9. The molecule has 1 aliphatic carbocycles. The van der Waals surface area contributed by atoms with Crippen LogP contribution in [0.4, 0.5) is 0 Å². The second-order valence-corrected chi connectivity index (χ2v) is 8.13. The molecule has 3 unspecified atom stereocenters. The largest absolute Gasteiger partial charge is 0.392 e. The monoisotopic (exact) mass is 351 g/mol. The summed E-state index contributed by atoms with van der Waals surface area (Å²) in [5, 5.41) is 11.2. The van der Waals surface area contributed by atoms with Crippen molar-refractivity contribution in [3.8, 4) is 11.3 Å². The summed E-state index contributed by atoms with van der Waals surface area (Å²) in [5.74, 6) is 0.456. The molecule has 1 saturated carbocycles. The van der Waals surface area contributed by atoms with Gasteiger partial charge in [0.1, 0.15) is 0 Å². The van der Waals surface area contributed by atoms with E-state index in [0.717, 1.165) is 38.0 Å². The number of fused-ring (bicyclic) bond motifs is 3. The number of nitrogens with zero attached hydrogens (tertiary/aromatic N) is 3. The fourth-order valence-corrected chi connectivity index (χ4v) is 5.51. The van der Waals surface area contributed by atoms with Crippen LogP contribution in [-0.2, 0) is 4.79 Å². The van der Waals surface area contributed by atoms with Gasteiger partial charge in [0.05, 0.1) is 30.4 Å².